The monoisotopic (exact) mass is 274 g/mol. The minimum absolute atomic E-state index is 0.0929. The number of fused-ring (bicyclic) bond motifs is 1. The Hall–Kier alpha value is -1.65. The van der Waals surface area contributed by atoms with E-state index in [4.69, 9.17) is 0 Å². The van der Waals surface area contributed by atoms with Crippen LogP contribution in [0.5, 0.6) is 0 Å². The highest BCUT2D eigenvalue weighted by Crippen LogP contribution is 2.19. The number of hydrogen-bond acceptors (Lipinski definition) is 3. The molecule has 1 aliphatic carbocycles. The Bertz CT molecular complexity index is 497. The van der Waals surface area contributed by atoms with Gasteiger partial charge in [-0.2, -0.15) is 0 Å². The van der Waals surface area contributed by atoms with E-state index in [1.54, 1.807) is 6.33 Å². The summed E-state index contributed by atoms with van der Waals surface area (Å²) in [6, 6.07) is 0.477. The highest BCUT2D eigenvalue weighted by molar-refractivity contribution is 5.74. The molecule has 2 heterocycles. The predicted molar refractivity (Wildman–Crippen MR) is 76.5 cm³/mol. The van der Waals surface area contributed by atoms with Crippen molar-refractivity contribution in [3.63, 3.8) is 0 Å². The van der Waals surface area contributed by atoms with Crippen molar-refractivity contribution >= 4 is 6.03 Å². The average Bonchev–Trinajstić information content (AvgIpc) is 2.83. The molecule has 1 aromatic heterocycles. The lowest BCUT2D eigenvalue weighted by molar-refractivity contribution is 0.196. The van der Waals surface area contributed by atoms with Gasteiger partial charge in [-0.05, 0) is 31.7 Å². The molecule has 1 saturated carbocycles. The SMILES string of the molecule is Cc1ncnc2c1CCN(C(=O)NC1CCCC1)CC2. The van der Waals surface area contributed by atoms with Crippen LogP contribution < -0.4 is 5.32 Å². The maximum absolute atomic E-state index is 12.3. The van der Waals surface area contributed by atoms with Gasteiger partial charge in [-0.15, -0.1) is 0 Å². The molecule has 0 aromatic carbocycles. The third-order valence-electron chi connectivity index (χ3n) is 4.47. The Morgan fingerprint density at radius 2 is 2.00 bits per heavy atom. The molecule has 0 radical (unpaired) electrons. The average molecular weight is 274 g/mol. The Kier molecular flexibility index (Phi) is 3.85. The van der Waals surface area contributed by atoms with Crippen molar-refractivity contribution in [1.29, 1.82) is 0 Å². The summed E-state index contributed by atoms with van der Waals surface area (Å²) >= 11 is 0. The molecule has 0 unspecified atom stereocenters. The zero-order valence-corrected chi connectivity index (χ0v) is 12.1. The number of nitrogens with zero attached hydrogens (tertiary/aromatic N) is 3. The molecule has 0 atom stereocenters. The van der Waals surface area contributed by atoms with Crippen molar-refractivity contribution in [2.45, 2.75) is 51.5 Å². The zero-order chi connectivity index (χ0) is 13.9. The van der Waals surface area contributed by atoms with Gasteiger partial charge in [0.2, 0.25) is 0 Å². The van der Waals surface area contributed by atoms with E-state index in [9.17, 15) is 4.79 Å². The van der Waals surface area contributed by atoms with Crippen molar-refractivity contribution in [1.82, 2.24) is 20.2 Å². The van der Waals surface area contributed by atoms with Gasteiger partial charge in [-0.1, -0.05) is 12.8 Å². The molecule has 1 fully saturated rings. The summed E-state index contributed by atoms with van der Waals surface area (Å²) in [6.07, 6.45) is 8.06. The largest absolute Gasteiger partial charge is 0.335 e. The Morgan fingerprint density at radius 3 is 2.80 bits per heavy atom. The van der Waals surface area contributed by atoms with Crippen LogP contribution in [-0.4, -0.2) is 40.0 Å². The summed E-state index contributed by atoms with van der Waals surface area (Å²) in [4.78, 5) is 22.9. The first kappa shape index (κ1) is 13.3. The lowest BCUT2D eigenvalue weighted by Crippen LogP contribution is -2.45. The lowest BCUT2D eigenvalue weighted by atomic mass is 10.1. The molecule has 1 aliphatic heterocycles. The first-order valence-corrected chi connectivity index (χ1v) is 7.59. The zero-order valence-electron chi connectivity index (χ0n) is 12.1. The van der Waals surface area contributed by atoms with E-state index < -0.39 is 0 Å². The van der Waals surface area contributed by atoms with Crippen LogP contribution in [0.4, 0.5) is 4.79 Å². The van der Waals surface area contributed by atoms with Gasteiger partial charge in [0.05, 0.1) is 0 Å². The van der Waals surface area contributed by atoms with Crippen molar-refractivity contribution in [3.05, 3.63) is 23.3 Å². The Morgan fingerprint density at radius 1 is 1.25 bits per heavy atom. The number of carbonyl (C=O) groups excluding carboxylic acids is 1. The van der Waals surface area contributed by atoms with E-state index in [1.165, 1.54) is 18.4 Å². The van der Waals surface area contributed by atoms with Crippen LogP contribution in [0, 0.1) is 6.92 Å². The number of aryl methyl sites for hydroxylation is 1. The van der Waals surface area contributed by atoms with E-state index >= 15 is 0 Å². The topological polar surface area (TPSA) is 58.1 Å². The van der Waals surface area contributed by atoms with E-state index in [0.717, 1.165) is 50.2 Å². The molecule has 2 amide bonds. The van der Waals surface area contributed by atoms with Gasteiger partial charge >= 0.3 is 6.03 Å². The first-order chi connectivity index (χ1) is 9.74. The van der Waals surface area contributed by atoms with Gasteiger partial charge in [0, 0.05) is 36.9 Å². The molecule has 3 rings (SSSR count). The fraction of sp³-hybridized carbons (Fsp3) is 0.667. The second kappa shape index (κ2) is 5.77. The summed E-state index contributed by atoms with van der Waals surface area (Å²) < 4.78 is 0. The molecule has 1 aromatic rings. The molecule has 1 N–H and O–H groups in total. The number of urea groups is 1. The van der Waals surface area contributed by atoms with Crippen LogP contribution in [0.2, 0.25) is 0 Å². The van der Waals surface area contributed by atoms with Crippen LogP contribution >= 0.6 is 0 Å². The van der Waals surface area contributed by atoms with Crippen molar-refractivity contribution in [2.75, 3.05) is 13.1 Å². The maximum atomic E-state index is 12.3. The van der Waals surface area contributed by atoms with Gasteiger partial charge < -0.3 is 10.2 Å². The summed E-state index contributed by atoms with van der Waals surface area (Å²) in [5.74, 6) is 0. The Balaban J connectivity index is 1.63. The third kappa shape index (κ3) is 2.76. The summed E-state index contributed by atoms with van der Waals surface area (Å²) in [5.41, 5.74) is 3.38. The molecule has 0 spiro atoms. The van der Waals surface area contributed by atoms with Crippen LogP contribution in [0.15, 0.2) is 6.33 Å². The second-order valence-corrected chi connectivity index (χ2v) is 5.80. The summed E-state index contributed by atoms with van der Waals surface area (Å²) in [6.45, 7) is 3.54. The van der Waals surface area contributed by atoms with Crippen LogP contribution in [0.3, 0.4) is 0 Å². The number of hydrogen-bond donors (Lipinski definition) is 1. The molecule has 0 saturated heterocycles. The molecular weight excluding hydrogens is 252 g/mol. The highest BCUT2D eigenvalue weighted by Gasteiger charge is 2.23. The van der Waals surface area contributed by atoms with Crippen LogP contribution in [-0.2, 0) is 12.8 Å². The smallest absolute Gasteiger partial charge is 0.317 e. The molecule has 108 valence electrons. The maximum Gasteiger partial charge on any atom is 0.317 e. The van der Waals surface area contributed by atoms with E-state index in [1.807, 2.05) is 11.8 Å². The number of aromatic nitrogens is 2. The standard InChI is InChI=1S/C15H22N4O/c1-11-13-6-8-19(9-7-14(13)17-10-16-11)15(20)18-12-4-2-3-5-12/h10,12H,2-9H2,1H3,(H,18,20). The van der Waals surface area contributed by atoms with Gasteiger partial charge in [0.1, 0.15) is 6.33 Å². The van der Waals surface area contributed by atoms with Crippen molar-refractivity contribution < 1.29 is 4.79 Å². The molecular formula is C15H22N4O. The molecule has 0 bridgehead atoms. The fourth-order valence-corrected chi connectivity index (χ4v) is 3.23. The van der Waals surface area contributed by atoms with Gasteiger partial charge in [-0.25, -0.2) is 14.8 Å². The number of amides is 2. The van der Waals surface area contributed by atoms with E-state index in [0.29, 0.717) is 6.04 Å². The summed E-state index contributed by atoms with van der Waals surface area (Å²) in [7, 11) is 0. The third-order valence-corrected chi connectivity index (χ3v) is 4.47. The predicted octanol–water partition coefficient (Wildman–Crippen LogP) is 1.84. The molecule has 20 heavy (non-hydrogen) atoms. The van der Waals surface area contributed by atoms with Crippen molar-refractivity contribution in [3.8, 4) is 0 Å². The van der Waals surface area contributed by atoms with E-state index in [-0.39, 0.29) is 6.03 Å². The van der Waals surface area contributed by atoms with Crippen LogP contribution in [0.25, 0.3) is 0 Å². The minimum Gasteiger partial charge on any atom is -0.335 e. The van der Waals surface area contributed by atoms with Crippen LogP contribution in [0.1, 0.15) is 42.6 Å². The number of nitrogens with one attached hydrogen (secondary N) is 1. The molecule has 2 aliphatic rings. The van der Waals surface area contributed by atoms with Gasteiger partial charge in [0.25, 0.3) is 0 Å². The molecule has 5 nitrogen and oxygen atoms in total. The Labute approximate surface area is 119 Å². The van der Waals surface area contributed by atoms with Gasteiger partial charge in [-0.3, -0.25) is 0 Å². The highest BCUT2D eigenvalue weighted by atomic mass is 16.2. The van der Waals surface area contributed by atoms with Crippen molar-refractivity contribution in [2.24, 2.45) is 0 Å². The lowest BCUT2D eigenvalue weighted by Gasteiger charge is -2.23. The first-order valence-electron chi connectivity index (χ1n) is 7.59. The molecule has 5 heteroatoms. The van der Waals surface area contributed by atoms with Gasteiger partial charge in [0.15, 0.2) is 0 Å². The number of rotatable bonds is 1. The summed E-state index contributed by atoms with van der Waals surface area (Å²) in [5, 5.41) is 3.17. The normalized spacial score (nSPS) is 19.6. The second-order valence-electron chi connectivity index (χ2n) is 5.80. The van der Waals surface area contributed by atoms with E-state index in [2.05, 4.69) is 15.3 Å². The number of carbonyl (C=O) groups is 1. The quantitative estimate of drug-likeness (QED) is 0.850. The minimum atomic E-state index is 0.0929. The fourth-order valence-electron chi connectivity index (χ4n) is 3.23.